The van der Waals surface area contributed by atoms with Gasteiger partial charge in [-0.1, -0.05) is 0 Å². The van der Waals surface area contributed by atoms with E-state index in [2.05, 4.69) is 38.7 Å². The molecule has 0 bridgehead atoms. The first-order chi connectivity index (χ1) is 8.21. The average Bonchev–Trinajstić information content (AvgIpc) is 2.22. The van der Waals surface area contributed by atoms with E-state index in [-0.39, 0.29) is 20.9 Å². The van der Waals surface area contributed by atoms with Gasteiger partial charge in [0.25, 0.3) is 0 Å². The maximum atomic E-state index is 12.5. The van der Waals surface area contributed by atoms with Crippen molar-refractivity contribution >= 4 is 39.5 Å². The van der Waals surface area contributed by atoms with E-state index in [0.717, 1.165) is 18.3 Å². The fourth-order valence-electron chi connectivity index (χ4n) is 1.05. The lowest BCUT2D eigenvalue weighted by molar-refractivity contribution is -0.137. The second-order valence-electron chi connectivity index (χ2n) is 3.13. The Labute approximate surface area is 114 Å². The predicted molar refractivity (Wildman–Crippen MR) is 68.3 cm³/mol. The molecule has 0 aliphatic carbocycles. The average molecular weight is 342 g/mol. The van der Waals surface area contributed by atoms with Crippen LogP contribution in [0, 0.1) is 0 Å². The van der Waals surface area contributed by atoms with Gasteiger partial charge in [0, 0.05) is 5.56 Å². The summed E-state index contributed by atoms with van der Waals surface area (Å²) in [7, 11) is 0. The van der Waals surface area contributed by atoms with E-state index < -0.39 is 11.7 Å². The molecule has 18 heavy (non-hydrogen) atoms. The first kappa shape index (κ1) is 14.7. The van der Waals surface area contributed by atoms with E-state index in [1.807, 2.05) is 0 Å². The van der Waals surface area contributed by atoms with Gasteiger partial charge in [0.05, 0.1) is 16.3 Å². The lowest BCUT2D eigenvalue weighted by Gasteiger charge is -2.10. The van der Waals surface area contributed by atoms with Crippen LogP contribution in [-0.2, 0) is 6.18 Å². The summed E-state index contributed by atoms with van der Waals surface area (Å²) in [6.45, 7) is 0. The second-order valence-corrected chi connectivity index (χ2v) is 4.42. The summed E-state index contributed by atoms with van der Waals surface area (Å²) >= 11 is 7.28. The summed E-state index contributed by atoms with van der Waals surface area (Å²) in [5, 5.41) is 12.9. The van der Waals surface area contributed by atoms with Crippen molar-refractivity contribution in [1.82, 2.24) is 5.43 Å². The van der Waals surface area contributed by atoms with Gasteiger partial charge >= 0.3 is 6.18 Å². The molecule has 9 heteroatoms. The normalized spacial score (nSPS) is 11.8. The lowest BCUT2D eigenvalue weighted by atomic mass is 10.1. The van der Waals surface area contributed by atoms with Crippen molar-refractivity contribution in [3.63, 3.8) is 0 Å². The van der Waals surface area contributed by atoms with Gasteiger partial charge < -0.3 is 10.8 Å². The molecule has 0 aliphatic heterocycles. The van der Waals surface area contributed by atoms with Crippen LogP contribution in [-0.4, -0.2) is 16.4 Å². The number of thiocarbonyl (C=S) groups is 1. The highest BCUT2D eigenvalue weighted by atomic mass is 79.9. The zero-order valence-electron chi connectivity index (χ0n) is 8.62. The summed E-state index contributed by atoms with van der Waals surface area (Å²) < 4.78 is 37.5. The number of alkyl halides is 3. The number of nitrogens with one attached hydrogen (secondary N) is 1. The van der Waals surface area contributed by atoms with Gasteiger partial charge in [0.15, 0.2) is 5.11 Å². The van der Waals surface area contributed by atoms with Crippen LogP contribution in [0.4, 0.5) is 13.2 Å². The highest BCUT2D eigenvalue weighted by molar-refractivity contribution is 9.10. The van der Waals surface area contributed by atoms with Crippen LogP contribution in [0.25, 0.3) is 0 Å². The van der Waals surface area contributed by atoms with Crippen LogP contribution < -0.4 is 11.2 Å². The van der Waals surface area contributed by atoms with Crippen LogP contribution in [0.5, 0.6) is 5.75 Å². The van der Waals surface area contributed by atoms with Crippen LogP contribution in [0.3, 0.4) is 0 Å². The first-order valence-electron chi connectivity index (χ1n) is 4.40. The Kier molecular flexibility index (Phi) is 4.52. The number of rotatable bonds is 2. The molecule has 0 radical (unpaired) electrons. The van der Waals surface area contributed by atoms with E-state index in [1.54, 1.807) is 0 Å². The Morgan fingerprint density at radius 1 is 1.50 bits per heavy atom. The molecule has 1 aromatic carbocycles. The number of hydrogen-bond acceptors (Lipinski definition) is 3. The molecule has 0 amide bonds. The molecule has 98 valence electrons. The number of halogens is 4. The van der Waals surface area contributed by atoms with Gasteiger partial charge in [0.2, 0.25) is 0 Å². The molecule has 0 aliphatic rings. The largest absolute Gasteiger partial charge is 0.506 e. The second kappa shape index (κ2) is 5.53. The van der Waals surface area contributed by atoms with Gasteiger partial charge in [-0.05, 0) is 40.3 Å². The summed E-state index contributed by atoms with van der Waals surface area (Å²) in [6, 6.07) is 1.53. The number of benzene rings is 1. The van der Waals surface area contributed by atoms with Crippen molar-refractivity contribution in [3.8, 4) is 5.75 Å². The standard InChI is InChI=1S/C9H7BrF3N3OS/c10-6-2-5(9(11,12)13)1-4(7(6)17)3-15-16-8(14)18/h1-3,17H,(H3,14,16,18). The Hall–Kier alpha value is -1.35. The molecule has 0 fully saturated rings. The molecular weight excluding hydrogens is 335 g/mol. The molecule has 0 spiro atoms. The van der Waals surface area contributed by atoms with Crippen molar-refractivity contribution in [3.05, 3.63) is 27.7 Å². The van der Waals surface area contributed by atoms with Gasteiger partial charge in [-0.2, -0.15) is 18.3 Å². The fraction of sp³-hybridized carbons (Fsp3) is 0.111. The predicted octanol–water partition coefficient (Wildman–Crippen LogP) is 2.34. The third-order valence-electron chi connectivity index (χ3n) is 1.80. The summed E-state index contributed by atoms with van der Waals surface area (Å²) in [5.74, 6) is -0.364. The highest BCUT2D eigenvalue weighted by Gasteiger charge is 2.31. The number of aromatic hydroxyl groups is 1. The topological polar surface area (TPSA) is 70.6 Å². The van der Waals surface area contributed by atoms with Crippen LogP contribution in [0.2, 0.25) is 0 Å². The lowest BCUT2D eigenvalue weighted by Crippen LogP contribution is -2.24. The SMILES string of the molecule is NC(=S)NN=Cc1cc(C(F)(F)F)cc(Br)c1O. The minimum Gasteiger partial charge on any atom is -0.506 e. The third kappa shape index (κ3) is 3.84. The quantitative estimate of drug-likeness (QED) is 0.438. The molecule has 0 aromatic heterocycles. The van der Waals surface area contributed by atoms with E-state index >= 15 is 0 Å². The van der Waals surface area contributed by atoms with E-state index in [1.165, 1.54) is 0 Å². The van der Waals surface area contributed by atoms with Crippen molar-refractivity contribution in [1.29, 1.82) is 0 Å². The van der Waals surface area contributed by atoms with Crippen molar-refractivity contribution in [2.24, 2.45) is 10.8 Å². The van der Waals surface area contributed by atoms with Crippen LogP contribution in [0.1, 0.15) is 11.1 Å². The van der Waals surface area contributed by atoms with Crippen LogP contribution >= 0.6 is 28.1 Å². The number of nitrogens with zero attached hydrogens (tertiary/aromatic N) is 1. The van der Waals surface area contributed by atoms with E-state index in [4.69, 9.17) is 5.73 Å². The number of phenolic OH excluding ortho intramolecular Hbond substituents is 1. The van der Waals surface area contributed by atoms with E-state index in [0.29, 0.717) is 0 Å². The molecule has 0 heterocycles. The number of phenols is 1. The monoisotopic (exact) mass is 341 g/mol. The Bertz CT molecular complexity index is 505. The molecular formula is C9H7BrF3N3OS. The molecule has 0 saturated carbocycles. The first-order valence-corrected chi connectivity index (χ1v) is 5.60. The molecule has 4 nitrogen and oxygen atoms in total. The number of hydrogen-bond donors (Lipinski definition) is 3. The Morgan fingerprint density at radius 2 is 2.11 bits per heavy atom. The van der Waals surface area contributed by atoms with Crippen LogP contribution in [0.15, 0.2) is 21.7 Å². The maximum absolute atomic E-state index is 12.5. The van der Waals surface area contributed by atoms with E-state index in [9.17, 15) is 18.3 Å². The highest BCUT2D eigenvalue weighted by Crippen LogP contribution is 2.36. The minimum absolute atomic E-state index is 0.0888. The van der Waals surface area contributed by atoms with Gasteiger partial charge in [0.1, 0.15) is 5.75 Å². The summed E-state index contributed by atoms with van der Waals surface area (Å²) in [4.78, 5) is 0. The Balaban J connectivity index is 3.15. The molecule has 0 atom stereocenters. The van der Waals surface area contributed by atoms with Gasteiger partial charge in [-0.3, -0.25) is 5.43 Å². The molecule has 0 unspecified atom stereocenters. The molecule has 0 saturated heterocycles. The zero-order valence-corrected chi connectivity index (χ0v) is 11.0. The smallest absolute Gasteiger partial charge is 0.416 e. The molecule has 1 aromatic rings. The minimum atomic E-state index is -4.52. The number of hydrazone groups is 1. The van der Waals surface area contributed by atoms with Crippen molar-refractivity contribution < 1.29 is 18.3 Å². The summed E-state index contributed by atoms with van der Waals surface area (Å²) in [5.41, 5.74) is 6.21. The van der Waals surface area contributed by atoms with Crippen molar-refractivity contribution in [2.45, 2.75) is 6.18 Å². The maximum Gasteiger partial charge on any atom is 0.416 e. The Morgan fingerprint density at radius 3 is 2.61 bits per heavy atom. The van der Waals surface area contributed by atoms with Crippen molar-refractivity contribution in [2.75, 3.05) is 0 Å². The summed E-state index contributed by atoms with van der Waals surface area (Å²) in [6.07, 6.45) is -3.54. The van der Waals surface area contributed by atoms with Gasteiger partial charge in [-0.15, -0.1) is 0 Å². The fourth-order valence-corrected chi connectivity index (χ4v) is 1.58. The zero-order chi connectivity index (χ0) is 13.9. The molecule has 1 rings (SSSR count). The number of nitrogens with two attached hydrogens (primary N) is 1. The third-order valence-corrected chi connectivity index (χ3v) is 2.49. The van der Waals surface area contributed by atoms with Gasteiger partial charge in [-0.25, -0.2) is 0 Å². The molecule has 4 N–H and O–H groups in total.